The minimum Gasteiger partial charge on any atom is -0.0955 e. The van der Waals surface area contributed by atoms with Crippen molar-refractivity contribution >= 4 is 11.1 Å². The third-order valence-corrected chi connectivity index (χ3v) is 7.62. The molecule has 186 valence electrons. The van der Waals surface area contributed by atoms with Gasteiger partial charge in [-0.25, -0.2) is 0 Å². The van der Waals surface area contributed by atoms with Crippen molar-refractivity contribution in [3.63, 3.8) is 0 Å². The molecule has 0 aliphatic carbocycles. The van der Waals surface area contributed by atoms with E-state index in [1.807, 2.05) is 0 Å². The monoisotopic (exact) mass is 466 g/mol. The summed E-state index contributed by atoms with van der Waals surface area (Å²) in [5, 5.41) is 0. The quantitative estimate of drug-likeness (QED) is 0.351. The van der Waals surface area contributed by atoms with Gasteiger partial charge in [0.05, 0.1) is 0 Å². The van der Waals surface area contributed by atoms with Crippen molar-refractivity contribution in [1.29, 1.82) is 0 Å². The molecule has 3 aromatic rings. The molecule has 0 fully saturated rings. The molecule has 0 radical (unpaired) electrons. The first kappa shape index (κ1) is 28.4. The average molecular weight is 467 g/mol. The Bertz CT molecular complexity index is 1190. The zero-order valence-electron chi connectivity index (χ0n) is 24.1. The van der Waals surface area contributed by atoms with E-state index in [4.69, 9.17) is 0 Å². The van der Waals surface area contributed by atoms with E-state index in [9.17, 15) is 0 Å². The van der Waals surface area contributed by atoms with Crippen molar-refractivity contribution in [2.75, 3.05) is 0 Å². The number of allylic oxidation sites excluding steroid dienone is 3. The predicted octanol–water partition coefficient (Wildman–Crippen LogP) is 10.7. The molecule has 0 amide bonds. The maximum atomic E-state index is 4.30. The van der Waals surface area contributed by atoms with E-state index in [-0.39, 0.29) is 5.41 Å². The highest BCUT2D eigenvalue weighted by Gasteiger charge is 2.28. The number of benzene rings is 3. The molecule has 0 aliphatic rings. The predicted molar refractivity (Wildman–Crippen MR) is 159 cm³/mol. The summed E-state index contributed by atoms with van der Waals surface area (Å²) >= 11 is 0. The minimum absolute atomic E-state index is 0.113. The van der Waals surface area contributed by atoms with Gasteiger partial charge in [0.1, 0.15) is 0 Å². The largest absolute Gasteiger partial charge is 0.0955 e. The van der Waals surface area contributed by atoms with E-state index >= 15 is 0 Å². The van der Waals surface area contributed by atoms with Gasteiger partial charge in [0.25, 0.3) is 0 Å². The summed E-state index contributed by atoms with van der Waals surface area (Å²) in [6.07, 6.45) is 2.16. The number of rotatable bonds is 5. The minimum atomic E-state index is 0.113. The standard InChI is InChI=1S/C23H30.C12H16/c1-15(2)22-19(20-14-17(5)12-13-18(20)6)10-9-11-21(22)23(7,8)16(3)4;1-5-9(2)12-10(3)7-6-8-11(12)4/h9-14,16H,1H2,2-8H3;5-8H,1-4H3/b;9-5+. The lowest BCUT2D eigenvalue weighted by molar-refractivity contribution is 0.371. The third kappa shape index (κ3) is 6.43. The van der Waals surface area contributed by atoms with Gasteiger partial charge in [-0.1, -0.05) is 106 Å². The van der Waals surface area contributed by atoms with Crippen LogP contribution in [-0.4, -0.2) is 0 Å². The highest BCUT2D eigenvalue weighted by Crippen LogP contribution is 2.41. The first-order valence-electron chi connectivity index (χ1n) is 12.9. The molecule has 3 rings (SSSR count). The van der Waals surface area contributed by atoms with Gasteiger partial charge in [-0.2, -0.15) is 0 Å². The van der Waals surface area contributed by atoms with E-state index < -0.39 is 0 Å². The van der Waals surface area contributed by atoms with Crippen molar-refractivity contribution in [2.24, 2.45) is 5.92 Å². The summed E-state index contributed by atoms with van der Waals surface area (Å²) in [5.41, 5.74) is 14.7. The van der Waals surface area contributed by atoms with Crippen LogP contribution in [0, 0.1) is 33.6 Å². The van der Waals surface area contributed by atoms with Crippen LogP contribution in [-0.2, 0) is 5.41 Å². The number of hydrogen-bond acceptors (Lipinski definition) is 0. The molecule has 0 N–H and O–H groups in total. The van der Waals surface area contributed by atoms with Gasteiger partial charge in [-0.05, 0) is 110 Å². The molecule has 0 aromatic heterocycles. The topological polar surface area (TPSA) is 0 Å². The summed E-state index contributed by atoms with van der Waals surface area (Å²) in [7, 11) is 0. The zero-order chi connectivity index (χ0) is 26.5. The maximum Gasteiger partial charge on any atom is -0.00743 e. The molecule has 3 aromatic carbocycles. The lowest BCUT2D eigenvalue weighted by Crippen LogP contribution is -2.26. The molecule has 0 aliphatic heterocycles. The van der Waals surface area contributed by atoms with Crippen LogP contribution in [0.3, 0.4) is 0 Å². The normalized spacial score (nSPS) is 11.8. The molecule has 0 nitrogen and oxygen atoms in total. The van der Waals surface area contributed by atoms with Crippen LogP contribution in [0.5, 0.6) is 0 Å². The molecule has 0 saturated carbocycles. The molecule has 0 spiro atoms. The molecule has 0 heteroatoms. The van der Waals surface area contributed by atoms with Crippen LogP contribution in [0.1, 0.15) is 87.4 Å². The first-order valence-corrected chi connectivity index (χ1v) is 12.9. The SMILES string of the molecule is C/C=C(\C)c1c(C)cccc1C.C=C(C)c1c(-c2cc(C)ccc2C)cccc1C(C)(C)C(C)C. The second-order valence-electron chi connectivity index (χ2n) is 10.9. The molecule has 0 atom stereocenters. The Balaban J connectivity index is 0.000000303. The average Bonchev–Trinajstić information content (AvgIpc) is 2.80. The Morgan fingerprint density at radius 2 is 1.34 bits per heavy atom. The molecular formula is C35H46. The molecular weight excluding hydrogens is 420 g/mol. The second-order valence-corrected chi connectivity index (χ2v) is 10.9. The Morgan fingerprint density at radius 3 is 1.86 bits per heavy atom. The van der Waals surface area contributed by atoms with E-state index in [2.05, 4.69) is 143 Å². The van der Waals surface area contributed by atoms with Gasteiger partial charge in [-0.15, -0.1) is 0 Å². The molecule has 0 unspecified atom stereocenters. The number of hydrogen-bond donors (Lipinski definition) is 0. The summed E-state index contributed by atoms with van der Waals surface area (Å²) in [6, 6.07) is 19.8. The lowest BCUT2D eigenvalue weighted by atomic mass is 9.71. The van der Waals surface area contributed by atoms with Crippen LogP contribution < -0.4 is 0 Å². The highest BCUT2D eigenvalue weighted by atomic mass is 14.3. The highest BCUT2D eigenvalue weighted by molar-refractivity contribution is 5.84. The van der Waals surface area contributed by atoms with Crippen molar-refractivity contribution in [1.82, 2.24) is 0 Å². The van der Waals surface area contributed by atoms with E-state index in [1.165, 1.54) is 55.6 Å². The Hall–Kier alpha value is -2.86. The first-order chi connectivity index (χ1) is 16.3. The van der Waals surface area contributed by atoms with Crippen LogP contribution in [0.15, 0.2) is 67.3 Å². The molecule has 0 saturated heterocycles. The zero-order valence-corrected chi connectivity index (χ0v) is 24.1. The van der Waals surface area contributed by atoms with Crippen molar-refractivity contribution in [3.05, 3.63) is 106 Å². The molecule has 0 bridgehead atoms. The number of aryl methyl sites for hydroxylation is 4. The molecule has 0 heterocycles. The van der Waals surface area contributed by atoms with E-state index in [0.29, 0.717) is 5.92 Å². The van der Waals surface area contributed by atoms with Gasteiger partial charge in [0.15, 0.2) is 0 Å². The fourth-order valence-electron chi connectivity index (χ4n) is 4.69. The van der Waals surface area contributed by atoms with Crippen LogP contribution in [0.4, 0.5) is 0 Å². The van der Waals surface area contributed by atoms with Crippen molar-refractivity contribution in [2.45, 2.75) is 81.6 Å². The van der Waals surface area contributed by atoms with Crippen molar-refractivity contribution < 1.29 is 0 Å². The Kier molecular flexibility index (Phi) is 9.50. The Morgan fingerprint density at radius 1 is 0.771 bits per heavy atom. The fourth-order valence-corrected chi connectivity index (χ4v) is 4.69. The van der Waals surface area contributed by atoms with E-state index in [1.54, 1.807) is 0 Å². The Labute approximate surface area is 215 Å². The summed E-state index contributed by atoms with van der Waals surface area (Å²) in [6.45, 7) is 28.6. The summed E-state index contributed by atoms with van der Waals surface area (Å²) in [5.74, 6) is 0.564. The lowest BCUT2D eigenvalue weighted by Gasteiger charge is -2.33. The third-order valence-electron chi connectivity index (χ3n) is 7.62. The maximum absolute atomic E-state index is 4.30. The second kappa shape index (κ2) is 11.7. The van der Waals surface area contributed by atoms with Gasteiger partial charge in [-0.3, -0.25) is 0 Å². The smallest absolute Gasteiger partial charge is 0.00743 e. The summed E-state index contributed by atoms with van der Waals surface area (Å²) < 4.78 is 0. The fraction of sp³-hybridized carbons (Fsp3) is 0.371. The van der Waals surface area contributed by atoms with Crippen LogP contribution >= 0.6 is 0 Å². The summed E-state index contributed by atoms with van der Waals surface area (Å²) in [4.78, 5) is 0. The van der Waals surface area contributed by atoms with Gasteiger partial charge >= 0.3 is 0 Å². The molecule has 35 heavy (non-hydrogen) atoms. The van der Waals surface area contributed by atoms with Gasteiger partial charge in [0.2, 0.25) is 0 Å². The van der Waals surface area contributed by atoms with Gasteiger partial charge in [0, 0.05) is 0 Å². The van der Waals surface area contributed by atoms with Crippen molar-refractivity contribution in [3.8, 4) is 11.1 Å². The van der Waals surface area contributed by atoms with Crippen LogP contribution in [0.2, 0.25) is 0 Å². The van der Waals surface area contributed by atoms with E-state index in [0.717, 1.165) is 5.57 Å². The van der Waals surface area contributed by atoms with Gasteiger partial charge < -0.3 is 0 Å². The van der Waals surface area contributed by atoms with Crippen LogP contribution in [0.25, 0.3) is 22.3 Å².